The van der Waals surface area contributed by atoms with Crippen LogP contribution in [0.3, 0.4) is 0 Å². The molecule has 1 aromatic heterocycles. The van der Waals surface area contributed by atoms with E-state index in [-0.39, 0.29) is 0 Å². The molecule has 4 heteroatoms. The van der Waals surface area contributed by atoms with Crippen molar-refractivity contribution in [3.05, 3.63) is 51.9 Å². The minimum Gasteiger partial charge on any atom is -0.457 e. The molecule has 0 aliphatic rings. The van der Waals surface area contributed by atoms with E-state index in [1.54, 1.807) is 12.4 Å². The van der Waals surface area contributed by atoms with Gasteiger partial charge in [0.15, 0.2) is 0 Å². The van der Waals surface area contributed by atoms with Gasteiger partial charge in [-0.25, -0.2) is 0 Å². The predicted molar refractivity (Wildman–Crippen MR) is 73.0 cm³/mol. The molecule has 2 nitrogen and oxygen atoms in total. The number of pyridine rings is 1. The summed E-state index contributed by atoms with van der Waals surface area (Å²) in [6, 6.07) is 9.67. The molecular weight excluding hydrogens is 336 g/mol. The molecule has 1 aromatic carbocycles. The number of hydrogen-bond donors (Lipinski definition) is 0. The van der Waals surface area contributed by atoms with Crippen molar-refractivity contribution >= 4 is 34.2 Å². The van der Waals surface area contributed by atoms with Crippen molar-refractivity contribution in [1.82, 2.24) is 4.98 Å². The van der Waals surface area contributed by atoms with Crippen molar-refractivity contribution in [2.75, 3.05) is 0 Å². The highest BCUT2D eigenvalue weighted by Crippen LogP contribution is 2.25. The highest BCUT2D eigenvalue weighted by atomic mass is 127. The van der Waals surface area contributed by atoms with Crippen LogP contribution in [0.25, 0.3) is 0 Å². The molecule has 0 radical (unpaired) electrons. The number of rotatable bonds is 3. The third kappa shape index (κ3) is 2.86. The quantitative estimate of drug-likeness (QED) is 0.614. The zero-order chi connectivity index (χ0) is 11.4. The zero-order valence-electron chi connectivity index (χ0n) is 8.36. The second kappa shape index (κ2) is 5.50. The van der Waals surface area contributed by atoms with Crippen molar-refractivity contribution in [3.8, 4) is 11.5 Å². The summed E-state index contributed by atoms with van der Waals surface area (Å²) in [7, 11) is 0. The van der Waals surface area contributed by atoms with Crippen molar-refractivity contribution in [3.63, 3.8) is 0 Å². The Labute approximate surface area is 113 Å². The first kappa shape index (κ1) is 11.7. The van der Waals surface area contributed by atoms with Crippen LogP contribution in [0, 0.1) is 3.57 Å². The Hall–Kier alpha value is -0.810. The fourth-order valence-electron chi connectivity index (χ4n) is 1.24. The van der Waals surface area contributed by atoms with Crippen molar-refractivity contribution in [2.24, 2.45) is 0 Å². The highest BCUT2D eigenvalue weighted by Gasteiger charge is 2.03. The molecule has 82 valence electrons. The number of halogens is 2. The molecule has 0 aliphatic heterocycles. The Bertz CT molecular complexity index is 473. The molecule has 0 bridgehead atoms. The Kier molecular flexibility index (Phi) is 4.01. The van der Waals surface area contributed by atoms with Crippen LogP contribution in [-0.4, -0.2) is 4.98 Å². The minimum absolute atomic E-state index is 0.396. The summed E-state index contributed by atoms with van der Waals surface area (Å²) in [5.74, 6) is 1.96. The lowest BCUT2D eigenvalue weighted by molar-refractivity contribution is 0.477. The van der Waals surface area contributed by atoms with Gasteiger partial charge in [-0.15, -0.1) is 11.6 Å². The highest BCUT2D eigenvalue weighted by molar-refractivity contribution is 14.1. The van der Waals surface area contributed by atoms with E-state index >= 15 is 0 Å². The molecule has 0 saturated heterocycles. The van der Waals surface area contributed by atoms with Gasteiger partial charge in [0.2, 0.25) is 0 Å². The maximum atomic E-state index is 5.80. The van der Waals surface area contributed by atoms with Gasteiger partial charge in [0.05, 0.1) is 5.88 Å². The Morgan fingerprint density at radius 3 is 2.62 bits per heavy atom. The molecule has 0 spiro atoms. The molecule has 1 heterocycles. The first-order chi connectivity index (χ1) is 7.79. The number of ether oxygens (including phenoxy) is 1. The summed E-state index contributed by atoms with van der Waals surface area (Å²) < 4.78 is 6.91. The third-order valence-corrected chi connectivity index (χ3v) is 3.05. The summed E-state index contributed by atoms with van der Waals surface area (Å²) in [5.41, 5.74) is 0.891. The van der Waals surface area contributed by atoms with E-state index in [0.717, 1.165) is 17.1 Å². The van der Waals surface area contributed by atoms with Crippen LogP contribution < -0.4 is 4.74 Å². The predicted octanol–water partition coefficient (Wildman–Crippen LogP) is 4.22. The van der Waals surface area contributed by atoms with E-state index in [1.165, 1.54) is 3.57 Å². The molecule has 0 aliphatic carbocycles. The molecule has 0 N–H and O–H groups in total. The molecular formula is C12H9ClINO. The van der Waals surface area contributed by atoms with Crippen molar-refractivity contribution < 1.29 is 4.74 Å². The number of benzene rings is 1. The average Bonchev–Trinajstić information content (AvgIpc) is 2.33. The maximum absolute atomic E-state index is 5.80. The molecule has 0 unspecified atom stereocenters. The minimum atomic E-state index is 0.396. The van der Waals surface area contributed by atoms with Gasteiger partial charge in [-0.1, -0.05) is 0 Å². The fourth-order valence-corrected chi connectivity index (χ4v) is 1.80. The van der Waals surface area contributed by atoms with Crippen LogP contribution >= 0.6 is 34.2 Å². The van der Waals surface area contributed by atoms with E-state index in [2.05, 4.69) is 27.6 Å². The topological polar surface area (TPSA) is 22.1 Å². The summed E-state index contributed by atoms with van der Waals surface area (Å²) in [6.07, 6.45) is 3.41. The molecule has 0 fully saturated rings. The van der Waals surface area contributed by atoms with Crippen LogP contribution in [0.5, 0.6) is 11.5 Å². The number of hydrogen-bond acceptors (Lipinski definition) is 2. The normalized spacial score (nSPS) is 10.1. The monoisotopic (exact) mass is 345 g/mol. The van der Waals surface area contributed by atoms with Gasteiger partial charge in [-0.2, -0.15) is 0 Å². The van der Waals surface area contributed by atoms with E-state index in [1.807, 2.05) is 30.3 Å². The average molecular weight is 346 g/mol. The summed E-state index contributed by atoms with van der Waals surface area (Å²) in [4.78, 5) is 4.01. The van der Waals surface area contributed by atoms with Gasteiger partial charge in [0.25, 0.3) is 0 Å². The Balaban J connectivity index is 2.23. The van der Waals surface area contributed by atoms with Crippen LogP contribution in [0.15, 0.2) is 42.7 Å². The van der Waals surface area contributed by atoms with E-state index in [9.17, 15) is 0 Å². The molecule has 0 atom stereocenters. The second-order valence-corrected chi connectivity index (χ2v) is 4.69. The first-order valence-corrected chi connectivity index (χ1v) is 6.33. The van der Waals surface area contributed by atoms with E-state index in [4.69, 9.17) is 16.3 Å². The molecule has 16 heavy (non-hydrogen) atoms. The smallest absolute Gasteiger partial charge is 0.134 e. The SMILES string of the molecule is ClCc1cnccc1Oc1ccc(I)cc1. The zero-order valence-corrected chi connectivity index (χ0v) is 11.3. The largest absolute Gasteiger partial charge is 0.457 e. The first-order valence-electron chi connectivity index (χ1n) is 4.72. The van der Waals surface area contributed by atoms with Gasteiger partial charge in [-0.3, -0.25) is 4.98 Å². The summed E-state index contributed by atoms with van der Waals surface area (Å²) in [6.45, 7) is 0. The summed E-state index contributed by atoms with van der Waals surface area (Å²) in [5, 5.41) is 0. The van der Waals surface area contributed by atoms with E-state index < -0.39 is 0 Å². The second-order valence-electron chi connectivity index (χ2n) is 3.17. The van der Waals surface area contributed by atoms with Crippen LogP contribution in [-0.2, 0) is 5.88 Å². The van der Waals surface area contributed by atoms with Crippen LogP contribution in [0.4, 0.5) is 0 Å². The third-order valence-electron chi connectivity index (χ3n) is 2.04. The van der Waals surface area contributed by atoms with Crippen molar-refractivity contribution in [2.45, 2.75) is 5.88 Å². The van der Waals surface area contributed by atoms with Gasteiger partial charge < -0.3 is 4.74 Å². The molecule has 0 saturated carbocycles. The van der Waals surface area contributed by atoms with Gasteiger partial charge in [0.1, 0.15) is 11.5 Å². The molecule has 2 aromatic rings. The van der Waals surface area contributed by atoms with Crippen LogP contribution in [0.2, 0.25) is 0 Å². The van der Waals surface area contributed by atoms with E-state index in [0.29, 0.717) is 5.88 Å². The lowest BCUT2D eigenvalue weighted by Gasteiger charge is -2.08. The maximum Gasteiger partial charge on any atom is 0.134 e. The summed E-state index contributed by atoms with van der Waals surface area (Å²) >= 11 is 8.06. The van der Waals surface area contributed by atoms with Gasteiger partial charge in [-0.05, 0) is 52.9 Å². The Morgan fingerprint density at radius 2 is 1.94 bits per heavy atom. The lowest BCUT2D eigenvalue weighted by atomic mass is 10.3. The van der Waals surface area contributed by atoms with Gasteiger partial charge >= 0.3 is 0 Å². The number of aromatic nitrogens is 1. The Morgan fingerprint density at radius 1 is 1.19 bits per heavy atom. The van der Waals surface area contributed by atoms with Crippen LogP contribution in [0.1, 0.15) is 5.56 Å². The fraction of sp³-hybridized carbons (Fsp3) is 0.0833. The lowest BCUT2D eigenvalue weighted by Crippen LogP contribution is -1.90. The van der Waals surface area contributed by atoms with Gasteiger partial charge in [0, 0.05) is 21.5 Å². The standard InChI is InChI=1S/C12H9ClINO/c13-7-9-8-15-6-5-12(9)16-11-3-1-10(14)2-4-11/h1-6,8H,7H2. The molecule has 2 rings (SSSR count). The number of nitrogens with zero attached hydrogens (tertiary/aromatic N) is 1. The number of alkyl halides is 1. The molecule has 0 amide bonds. The van der Waals surface area contributed by atoms with Crippen molar-refractivity contribution in [1.29, 1.82) is 0 Å².